The van der Waals surface area contributed by atoms with Gasteiger partial charge in [-0.25, -0.2) is 0 Å². The number of benzene rings is 2. The summed E-state index contributed by atoms with van der Waals surface area (Å²) in [5, 5.41) is 19.9. The highest BCUT2D eigenvalue weighted by molar-refractivity contribution is 5.76. The minimum Gasteiger partial charge on any atom is -0.481 e. The van der Waals surface area contributed by atoms with Crippen LogP contribution in [0.4, 0.5) is 0 Å². The van der Waals surface area contributed by atoms with Crippen molar-refractivity contribution in [3.63, 3.8) is 0 Å². The van der Waals surface area contributed by atoms with E-state index in [1.165, 1.54) is 0 Å². The number of carbonyl (C=O) groups is 2. The van der Waals surface area contributed by atoms with Crippen LogP contribution >= 0.6 is 0 Å². The second-order valence-corrected chi connectivity index (χ2v) is 6.75. The maximum atomic E-state index is 12.4. The number of hydrogen-bond acceptors (Lipinski definition) is 5. The lowest BCUT2D eigenvalue weighted by Crippen LogP contribution is -2.37. The Morgan fingerprint density at radius 1 is 0.966 bits per heavy atom. The summed E-state index contributed by atoms with van der Waals surface area (Å²) in [5.41, 5.74) is 1.87. The molecule has 0 fully saturated rings. The van der Waals surface area contributed by atoms with Gasteiger partial charge in [0.15, 0.2) is 0 Å². The van der Waals surface area contributed by atoms with Crippen LogP contribution in [0.2, 0.25) is 0 Å². The molecule has 1 atom stereocenters. The number of carboxylic acid groups (broad SMARTS) is 1. The molecular weight excluding hydrogens is 370 g/mol. The molecule has 0 radical (unpaired) electrons. The van der Waals surface area contributed by atoms with Crippen molar-refractivity contribution in [2.45, 2.75) is 38.1 Å². The second-order valence-electron chi connectivity index (χ2n) is 6.75. The van der Waals surface area contributed by atoms with Gasteiger partial charge < -0.3 is 14.8 Å². The number of carbonyl (C=O) groups excluding carboxylic acids is 1. The molecule has 0 aliphatic rings. The Bertz CT molecular complexity index is 926. The van der Waals surface area contributed by atoms with Gasteiger partial charge in [-0.15, -0.1) is 10.2 Å². The first-order valence-corrected chi connectivity index (χ1v) is 9.53. The van der Waals surface area contributed by atoms with Crippen LogP contribution in [0.5, 0.6) is 0 Å². The third-order valence-corrected chi connectivity index (χ3v) is 4.45. The molecule has 3 aromatic rings. The highest BCUT2D eigenvalue weighted by Crippen LogP contribution is 2.17. The van der Waals surface area contributed by atoms with E-state index in [9.17, 15) is 9.59 Å². The third kappa shape index (κ3) is 6.57. The van der Waals surface area contributed by atoms with E-state index >= 15 is 0 Å². The van der Waals surface area contributed by atoms with E-state index in [-0.39, 0.29) is 24.8 Å². The summed E-state index contributed by atoms with van der Waals surface area (Å²) in [7, 11) is 0. The summed E-state index contributed by atoms with van der Waals surface area (Å²) in [4.78, 5) is 23.3. The van der Waals surface area contributed by atoms with Crippen molar-refractivity contribution in [2.24, 2.45) is 0 Å². The molecule has 1 unspecified atom stereocenters. The van der Waals surface area contributed by atoms with E-state index in [2.05, 4.69) is 15.5 Å². The number of amides is 1. The van der Waals surface area contributed by atoms with Gasteiger partial charge in [-0.05, 0) is 30.5 Å². The van der Waals surface area contributed by atoms with Gasteiger partial charge in [-0.1, -0.05) is 48.5 Å². The van der Waals surface area contributed by atoms with Crippen molar-refractivity contribution in [3.8, 4) is 11.5 Å². The number of aromatic nitrogens is 2. The van der Waals surface area contributed by atoms with Crippen molar-refractivity contribution >= 4 is 11.9 Å². The molecule has 29 heavy (non-hydrogen) atoms. The highest BCUT2D eigenvalue weighted by Gasteiger charge is 2.16. The Balaban J connectivity index is 1.54. The zero-order valence-electron chi connectivity index (χ0n) is 16.0. The predicted octanol–water partition coefficient (Wildman–Crippen LogP) is 3.26. The van der Waals surface area contributed by atoms with Gasteiger partial charge >= 0.3 is 5.97 Å². The van der Waals surface area contributed by atoms with E-state index in [1.54, 1.807) is 0 Å². The zero-order valence-corrected chi connectivity index (χ0v) is 16.0. The van der Waals surface area contributed by atoms with E-state index < -0.39 is 5.97 Å². The number of nitrogens with zero attached hydrogens (tertiary/aromatic N) is 2. The Morgan fingerprint density at radius 3 is 2.34 bits per heavy atom. The quantitative estimate of drug-likeness (QED) is 0.548. The number of nitrogens with one attached hydrogen (secondary N) is 1. The molecule has 7 heteroatoms. The van der Waals surface area contributed by atoms with Gasteiger partial charge in [0.25, 0.3) is 0 Å². The van der Waals surface area contributed by atoms with Crippen molar-refractivity contribution in [2.75, 3.05) is 0 Å². The van der Waals surface area contributed by atoms with Crippen molar-refractivity contribution in [3.05, 3.63) is 72.1 Å². The summed E-state index contributed by atoms with van der Waals surface area (Å²) in [5.74, 6) is -0.235. The molecule has 1 heterocycles. The van der Waals surface area contributed by atoms with Crippen molar-refractivity contribution < 1.29 is 19.1 Å². The molecule has 1 aromatic heterocycles. The van der Waals surface area contributed by atoms with Gasteiger partial charge in [-0.3, -0.25) is 9.59 Å². The van der Waals surface area contributed by atoms with Crippen molar-refractivity contribution in [1.82, 2.24) is 15.5 Å². The van der Waals surface area contributed by atoms with Crippen LogP contribution in [-0.2, 0) is 22.4 Å². The number of rotatable bonds is 10. The number of aryl methyl sites for hydroxylation is 1. The molecule has 1 amide bonds. The molecule has 2 aromatic carbocycles. The van der Waals surface area contributed by atoms with Crippen LogP contribution in [0.1, 0.15) is 30.7 Å². The molecule has 7 nitrogen and oxygen atoms in total. The van der Waals surface area contributed by atoms with E-state index in [4.69, 9.17) is 9.52 Å². The fourth-order valence-corrected chi connectivity index (χ4v) is 2.99. The van der Waals surface area contributed by atoms with Crippen LogP contribution in [-0.4, -0.2) is 33.2 Å². The first kappa shape index (κ1) is 20.3. The smallest absolute Gasteiger partial charge is 0.303 e. The van der Waals surface area contributed by atoms with Crippen LogP contribution in [0.15, 0.2) is 65.1 Å². The Morgan fingerprint density at radius 2 is 1.66 bits per heavy atom. The predicted molar refractivity (Wildman–Crippen MR) is 107 cm³/mol. The lowest BCUT2D eigenvalue weighted by molar-refractivity contribution is -0.137. The topological polar surface area (TPSA) is 105 Å². The first-order chi connectivity index (χ1) is 14.1. The molecule has 0 bridgehead atoms. The monoisotopic (exact) mass is 393 g/mol. The fourth-order valence-electron chi connectivity index (χ4n) is 2.99. The minimum absolute atomic E-state index is 0.00186. The minimum atomic E-state index is -0.878. The van der Waals surface area contributed by atoms with E-state index in [1.807, 2.05) is 60.7 Å². The maximum absolute atomic E-state index is 12.4. The normalized spacial score (nSPS) is 11.7. The standard InChI is InChI=1S/C22H23N3O4/c26-19(12-13-20-24-25-22(29-20)17-9-5-2-6-10-17)23-18(11-14-21(27)28)15-16-7-3-1-4-8-16/h1-10,18H,11-15H2,(H,23,26)(H,27,28). The molecular formula is C22H23N3O4. The summed E-state index contributed by atoms with van der Waals surface area (Å²) in [6.07, 6.45) is 1.46. The molecule has 0 saturated carbocycles. The van der Waals surface area contributed by atoms with Gasteiger partial charge in [0.2, 0.25) is 17.7 Å². The molecule has 3 rings (SSSR count). The van der Waals surface area contributed by atoms with Crippen molar-refractivity contribution in [1.29, 1.82) is 0 Å². The summed E-state index contributed by atoms with van der Waals surface area (Å²) in [6, 6.07) is 18.9. The average Bonchev–Trinajstić information content (AvgIpc) is 3.21. The first-order valence-electron chi connectivity index (χ1n) is 9.53. The lowest BCUT2D eigenvalue weighted by atomic mass is 10.0. The number of hydrogen-bond donors (Lipinski definition) is 2. The van der Waals surface area contributed by atoms with Gasteiger partial charge in [-0.2, -0.15) is 0 Å². The van der Waals surface area contributed by atoms with Crippen LogP contribution in [0, 0.1) is 0 Å². The van der Waals surface area contributed by atoms with Gasteiger partial charge in [0, 0.05) is 30.9 Å². The lowest BCUT2D eigenvalue weighted by Gasteiger charge is -2.18. The largest absolute Gasteiger partial charge is 0.481 e. The summed E-state index contributed by atoms with van der Waals surface area (Å²) in [6.45, 7) is 0. The Kier molecular flexibility index (Phi) is 7.10. The van der Waals surface area contributed by atoms with E-state index in [0.29, 0.717) is 31.0 Å². The van der Waals surface area contributed by atoms with Gasteiger partial charge in [0.1, 0.15) is 0 Å². The molecule has 0 aliphatic heterocycles. The Hall–Kier alpha value is -3.48. The average molecular weight is 393 g/mol. The number of carboxylic acids is 1. The zero-order chi connectivity index (χ0) is 20.5. The molecule has 0 spiro atoms. The second kappa shape index (κ2) is 10.2. The van der Waals surface area contributed by atoms with Crippen LogP contribution in [0.25, 0.3) is 11.5 Å². The summed E-state index contributed by atoms with van der Waals surface area (Å²) >= 11 is 0. The maximum Gasteiger partial charge on any atom is 0.303 e. The Labute approximate surface area is 168 Å². The molecule has 0 aliphatic carbocycles. The third-order valence-electron chi connectivity index (χ3n) is 4.45. The van der Waals surface area contributed by atoms with Crippen LogP contribution < -0.4 is 5.32 Å². The summed E-state index contributed by atoms with van der Waals surface area (Å²) < 4.78 is 5.62. The van der Waals surface area contributed by atoms with Gasteiger partial charge in [0.05, 0.1) is 0 Å². The van der Waals surface area contributed by atoms with Crippen LogP contribution in [0.3, 0.4) is 0 Å². The number of aliphatic carboxylic acids is 1. The molecule has 0 saturated heterocycles. The van der Waals surface area contributed by atoms with E-state index in [0.717, 1.165) is 11.1 Å². The SMILES string of the molecule is O=C(O)CCC(Cc1ccccc1)NC(=O)CCc1nnc(-c2ccccc2)o1. The molecule has 2 N–H and O–H groups in total. The molecule has 150 valence electrons. The fraction of sp³-hybridized carbons (Fsp3) is 0.273. The highest BCUT2D eigenvalue weighted by atomic mass is 16.4.